The molecule has 0 amide bonds. The van der Waals surface area contributed by atoms with E-state index in [1.807, 2.05) is 0 Å². The number of hydrogen-bond donors (Lipinski definition) is 1. The Balaban J connectivity index is 1.62. The van der Waals surface area contributed by atoms with Gasteiger partial charge in [-0.15, -0.1) is 0 Å². The van der Waals surface area contributed by atoms with E-state index in [1.54, 1.807) is 5.57 Å². The van der Waals surface area contributed by atoms with Gasteiger partial charge in [0.15, 0.2) is 0 Å². The Kier molecular flexibility index (Phi) is 3.56. The quantitative estimate of drug-likeness (QED) is 0.794. The summed E-state index contributed by atoms with van der Waals surface area (Å²) in [5.41, 5.74) is 5.56. The third kappa shape index (κ3) is 2.60. The fraction of sp³-hybridized carbons (Fsp3) is 0.550. The molecule has 4 aliphatic rings. The zero-order chi connectivity index (χ0) is 15.1. The number of hydrogen-bond acceptors (Lipinski definition) is 1. The van der Waals surface area contributed by atoms with Gasteiger partial charge in [-0.1, -0.05) is 36.3 Å². The highest BCUT2D eigenvalue weighted by Crippen LogP contribution is 2.48. The summed E-state index contributed by atoms with van der Waals surface area (Å²) in [4.78, 5) is 10.9. The van der Waals surface area contributed by atoms with Crippen LogP contribution in [0.1, 0.15) is 51.4 Å². The van der Waals surface area contributed by atoms with Gasteiger partial charge in [-0.25, -0.2) is 0 Å². The Morgan fingerprint density at radius 3 is 2.73 bits per heavy atom. The lowest BCUT2D eigenvalue weighted by atomic mass is 9.65. The van der Waals surface area contributed by atoms with Crippen LogP contribution >= 0.6 is 0 Å². The summed E-state index contributed by atoms with van der Waals surface area (Å²) in [6.07, 6.45) is 18.4. The Morgan fingerprint density at radius 2 is 1.86 bits per heavy atom. The lowest BCUT2D eigenvalue weighted by Crippen LogP contribution is -2.26. The molecule has 0 bridgehead atoms. The molecular formula is C20H24O2. The summed E-state index contributed by atoms with van der Waals surface area (Å²) < 4.78 is 0. The molecule has 0 heterocycles. The van der Waals surface area contributed by atoms with Crippen molar-refractivity contribution in [3.8, 4) is 0 Å². The van der Waals surface area contributed by atoms with Crippen molar-refractivity contribution in [1.29, 1.82) is 0 Å². The molecule has 2 nitrogen and oxygen atoms in total. The molecule has 22 heavy (non-hydrogen) atoms. The van der Waals surface area contributed by atoms with Crippen LogP contribution in [0.5, 0.6) is 0 Å². The number of aliphatic carboxylic acids is 1. The first kappa shape index (κ1) is 14.0. The molecular weight excluding hydrogens is 272 g/mol. The van der Waals surface area contributed by atoms with Crippen LogP contribution < -0.4 is 0 Å². The van der Waals surface area contributed by atoms with Crippen molar-refractivity contribution in [2.45, 2.75) is 51.4 Å². The fourth-order valence-corrected chi connectivity index (χ4v) is 4.82. The molecule has 0 spiro atoms. The maximum absolute atomic E-state index is 10.9. The molecule has 4 rings (SSSR count). The SMILES string of the molecule is O=C(O)CC1=CC[C@@H]2C[C@@H]3C[C@@H]4CCCCC4=CC3=CC2=C1. The van der Waals surface area contributed by atoms with Gasteiger partial charge in [0.25, 0.3) is 0 Å². The van der Waals surface area contributed by atoms with E-state index < -0.39 is 5.97 Å². The summed E-state index contributed by atoms with van der Waals surface area (Å²) in [6, 6.07) is 0. The van der Waals surface area contributed by atoms with Crippen molar-refractivity contribution in [2.75, 3.05) is 0 Å². The second kappa shape index (κ2) is 5.57. The molecule has 1 fully saturated rings. The normalized spacial score (nSPS) is 33.4. The van der Waals surface area contributed by atoms with E-state index >= 15 is 0 Å². The summed E-state index contributed by atoms with van der Waals surface area (Å²) in [6.45, 7) is 0. The third-order valence-corrected chi connectivity index (χ3v) is 5.93. The monoisotopic (exact) mass is 296 g/mol. The minimum Gasteiger partial charge on any atom is -0.481 e. The molecule has 0 aromatic heterocycles. The minimum absolute atomic E-state index is 0.159. The van der Waals surface area contributed by atoms with Gasteiger partial charge in [-0.3, -0.25) is 4.79 Å². The molecule has 4 aliphatic carbocycles. The zero-order valence-corrected chi connectivity index (χ0v) is 13.1. The van der Waals surface area contributed by atoms with E-state index in [-0.39, 0.29) is 6.42 Å². The first-order valence-corrected chi connectivity index (χ1v) is 8.73. The molecule has 1 N–H and O–H groups in total. The van der Waals surface area contributed by atoms with Crippen molar-refractivity contribution >= 4 is 5.97 Å². The van der Waals surface area contributed by atoms with Crippen LogP contribution in [0.25, 0.3) is 0 Å². The van der Waals surface area contributed by atoms with Crippen molar-refractivity contribution in [2.24, 2.45) is 17.8 Å². The molecule has 0 aromatic carbocycles. The van der Waals surface area contributed by atoms with Gasteiger partial charge in [0.05, 0.1) is 6.42 Å². The van der Waals surface area contributed by atoms with Crippen LogP contribution in [0.4, 0.5) is 0 Å². The van der Waals surface area contributed by atoms with E-state index in [0.29, 0.717) is 5.92 Å². The predicted octanol–water partition coefficient (Wildman–Crippen LogP) is 4.80. The molecule has 0 aromatic rings. The van der Waals surface area contributed by atoms with Gasteiger partial charge < -0.3 is 5.11 Å². The number of carboxylic acids is 1. The molecule has 0 saturated heterocycles. The molecule has 0 unspecified atom stereocenters. The summed E-state index contributed by atoms with van der Waals surface area (Å²) in [7, 11) is 0. The van der Waals surface area contributed by atoms with Crippen LogP contribution in [-0.2, 0) is 4.79 Å². The highest BCUT2D eigenvalue weighted by Gasteiger charge is 2.34. The van der Waals surface area contributed by atoms with E-state index in [4.69, 9.17) is 5.11 Å². The Bertz CT molecular complexity index is 618. The molecule has 2 heteroatoms. The molecule has 0 radical (unpaired) electrons. The van der Waals surface area contributed by atoms with E-state index in [1.165, 1.54) is 49.7 Å². The number of rotatable bonds is 2. The van der Waals surface area contributed by atoms with Gasteiger partial charge in [0, 0.05) is 0 Å². The Morgan fingerprint density at radius 1 is 1.05 bits per heavy atom. The van der Waals surface area contributed by atoms with Crippen LogP contribution in [0, 0.1) is 17.8 Å². The molecule has 0 aliphatic heterocycles. The summed E-state index contributed by atoms with van der Waals surface area (Å²) >= 11 is 0. The molecule has 3 atom stereocenters. The molecule has 116 valence electrons. The first-order chi connectivity index (χ1) is 10.7. The maximum atomic E-state index is 10.9. The minimum atomic E-state index is -0.729. The molecule has 1 saturated carbocycles. The van der Waals surface area contributed by atoms with Gasteiger partial charge in [-0.2, -0.15) is 0 Å². The summed E-state index contributed by atoms with van der Waals surface area (Å²) in [5, 5.41) is 8.98. The fourth-order valence-electron chi connectivity index (χ4n) is 4.82. The zero-order valence-electron chi connectivity index (χ0n) is 13.1. The maximum Gasteiger partial charge on any atom is 0.307 e. The van der Waals surface area contributed by atoms with Gasteiger partial charge >= 0.3 is 5.97 Å². The number of allylic oxidation sites excluding steroid dienone is 7. The Labute approximate surface area is 132 Å². The smallest absolute Gasteiger partial charge is 0.307 e. The van der Waals surface area contributed by atoms with Crippen LogP contribution in [0.2, 0.25) is 0 Å². The standard InChI is InChI=1S/C20H24O2/c21-20(22)8-13-5-6-16-11-18-9-14-3-1-2-4-15(14)10-19(18)12-17(16)7-13/h5,7,10,12,14,16,18H,1-4,6,8-9,11H2,(H,21,22)/t14-,16+,18-/m0/s1. The van der Waals surface area contributed by atoms with Crippen molar-refractivity contribution < 1.29 is 9.90 Å². The van der Waals surface area contributed by atoms with E-state index in [9.17, 15) is 4.79 Å². The number of fused-ring (bicyclic) bond motifs is 3. The van der Waals surface area contributed by atoms with Crippen LogP contribution in [0.3, 0.4) is 0 Å². The van der Waals surface area contributed by atoms with Crippen LogP contribution in [0.15, 0.2) is 46.6 Å². The van der Waals surface area contributed by atoms with E-state index in [0.717, 1.165) is 23.8 Å². The Hall–Kier alpha value is -1.57. The van der Waals surface area contributed by atoms with Gasteiger partial charge in [0.2, 0.25) is 0 Å². The van der Waals surface area contributed by atoms with E-state index in [2.05, 4.69) is 24.3 Å². The van der Waals surface area contributed by atoms with Crippen molar-refractivity contribution in [3.63, 3.8) is 0 Å². The highest BCUT2D eigenvalue weighted by atomic mass is 16.4. The number of carboxylic acid groups (broad SMARTS) is 1. The lowest BCUT2D eigenvalue weighted by Gasteiger charge is -2.40. The first-order valence-electron chi connectivity index (χ1n) is 8.73. The van der Waals surface area contributed by atoms with Gasteiger partial charge in [-0.05, 0) is 73.0 Å². The number of carbonyl (C=O) groups is 1. The average Bonchev–Trinajstić information content (AvgIpc) is 2.50. The van der Waals surface area contributed by atoms with Crippen LogP contribution in [-0.4, -0.2) is 11.1 Å². The third-order valence-electron chi connectivity index (χ3n) is 5.93. The lowest BCUT2D eigenvalue weighted by molar-refractivity contribution is -0.136. The second-order valence-electron chi connectivity index (χ2n) is 7.40. The summed E-state index contributed by atoms with van der Waals surface area (Å²) in [5.74, 6) is 1.48. The van der Waals surface area contributed by atoms with Gasteiger partial charge in [0.1, 0.15) is 0 Å². The predicted molar refractivity (Wildman–Crippen MR) is 87.4 cm³/mol. The van der Waals surface area contributed by atoms with Crippen molar-refractivity contribution in [1.82, 2.24) is 0 Å². The van der Waals surface area contributed by atoms with Crippen molar-refractivity contribution in [3.05, 3.63) is 46.6 Å². The largest absolute Gasteiger partial charge is 0.481 e. The topological polar surface area (TPSA) is 37.3 Å². The second-order valence-corrected chi connectivity index (χ2v) is 7.40. The average molecular weight is 296 g/mol. The highest BCUT2D eigenvalue weighted by molar-refractivity contribution is 5.71.